The molecule has 3 aliphatic rings. The van der Waals surface area contributed by atoms with Gasteiger partial charge in [0, 0.05) is 31.4 Å². The fourth-order valence-electron chi connectivity index (χ4n) is 4.93. The highest BCUT2D eigenvalue weighted by atomic mass is 16.5. The number of nitrogens with zero attached hydrogens (tertiary/aromatic N) is 2. The zero-order valence-corrected chi connectivity index (χ0v) is 16.0. The third kappa shape index (κ3) is 3.74. The van der Waals surface area contributed by atoms with Crippen LogP contribution in [0.1, 0.15) is 38.7 Å². The van der Waals surface area contributed by atoms with Crippen molar-refractivity contribution in [3.63, 3.8) is 0 Å². The summed E-state index contributed by atoms with van der Waals surface area (Å²) >= 11 is 0. The van der Waals surface area contributed by atoms with Crippen LogP contribution in [-0.2, 0) is 11.3 Å². The molecule has 1 N–H and O–H groups in total. The first kappa shape index (κ1) is 17.8. The molecule has 1 aromatic carbocycles. The number of likely N-dealkylation sites (tertiary alicyclic amines) is 1. The van der Waals surface area contributed by atoms with Gasteiger partial charge in [-0.25, -0.2) is 4.79 Å². The number of anilines is 1. The molecule has 0 radical (unpaired) electrons. The zero-order valence-electron chi connectivity index (χ0n) is 16.0. The van der Waals surface area contributed by atoms with E-state index >= 15 is 0 Å². The fraction of sp³-hybridized carbons (Fsp3) is 0.667. The predicted molar refractivity (Wildman–Crippen MR) is 103 cm³/mol. The summed E-state index contributed by atoms with van der Waals surface area (Å²) in [6.45, 7) is 8.89. The van der Waals surface area contributed by atoms with Crippen molar-refractivity contribution in [3.05, 3.63) is 29.8 Å². The van der Waals surface area contributed by atoms with Gasteiger partial charge in [-0.1, -0.05) is 18.6 Å². The van der Waals surface area contributed by atoms with Crippen molar-refractivity contribution in [1.29, 1.82) is 0 Å². The first-order chi connectivity index (χ1) is 12.6. The second-order valence-electron chi connectivity index (χ2n) is 8.38. The molecule has 2 amide bonds. The van der Waals surface area contributed by atoms with Gasteiger partial charge in [-0.15, -0.1) is 0 Å². The Balaban J connectivity index is 1.34. The number of hydrogen-bond donors (Lipinski definition) is 1. The molecule has 0 bridgehead atoms. The van der Waals surface area contributed by atoms with E-state index in [9.17, 15) is 4.79 Å². The standard InChI is InChI=1S/C21H31N3O2/c1-15(2)26-14-16-6-5-7-18(10-16)22-21(25)24-12-17-11-23-9-4-3-8-20(23)19(17)13-24/h5-7,10,15,17,19-20H,3-4,8-9,11-14H2,1-2H3,(H,22,25)/t17-,19+,20-/m0/s1. The topological polar surface area (TPSA) is 44.8 Å². The van der Waals surface area contributed by atoms with Crippen LogP contribution in [0.5, 0.6) is 0 Å². The van der Waals surface area contributed by atoms with Crippen LogP contribution in [0, 0.1) is 11.8 Å². The predicted octanol–water partition coefficient (Wildman–Crippen LogP) is 3.56. The molecule has 3 atom stereocenters. The lowest BCUT2D eigenvalue weighted by molar-refractivity contribution is 0.0657. The largest absolute Gasteiger partial charge is 0.374 e. The summed E-state index contributed by atoms with van der Waals surface area (Å²) < 4.78 is 5.66. The highest BCUT2D eigenvalue weighted by Crippen LogP contribution is 2.40. The number of carbonyl (C=O) groups is 1. The van der Waals surface area contributed by atoms with Crippen LogP contribution >= 0.6 is 0 Å². The maximum absolute atomic E-state index is 12.8. The number of ether oxygens (including phenoxy) is 1. The van der Waals surface area contributed by atoms with E-state index in [4.69, 9.17) is 4.74 Å². The lowest BCUT2D eigenvalue weighted by Gasteiger charge is -2.33. The Hall–Kier alpha value is -1.59. The van der Waals surface area contributed by atoms with Crippen LogP contribution in [0.15, 0.2) is 24.3 Å². The third-order valence-corrected chi connectivity index (χ3v) is 6.17. The molecule has 5 nitrogen and oxygen atoms in total. The first-order valence-corrected chi connectivity index (χ1v) is 10.1. The van der Waals surface area contributed by atoms with E-state index in [0.29, 0.717) is 24.5 Å². The molecule has 0 saturated carbocycles. The van der Waals surface area contributed by atoms with Gasteiger partial charge in [0.1, 0.15) is 0 Å². The zero-order chi connectivity index (χ0) is 18.1. The molecule has 3 fully saturated rings. The summed E-state index contributed by atoms with van der Waals surface area (Å²) in [7, 11) is 0. The molecule has 0 unspecified atom stereocenters. The van der Waals surface area contributed by atoms with Crippen LogP contribution in [0.25, 0.3) is 0 Å². The lowest BCUT2D eigenvalue weighted by atomic mass is 9.90. The van der Waals surface area contributed by atoms with E-state index < -0.39 is 0 Å². The van der Waals surface area contributed by atoms with Crippen molar-refractivity contribution in [3.8, 4) is 0 Å². The highest BCUT2D eigenvalue weighted by molar-refractivity contribution is 5.89. The SMILES string of the molecule is CC(C)OCc1cccc(NC(=O)N2C[C@@H]3CN4CCCC[C@H]4[C@@H]3C2)c1. The van der Waals surface area contributed by atoms with E-state index in [2.05, 4.69) is 10.2 Å². The van der Waals surface area contributed by atoms with Crippen molar-refractivity contribution >= 4 is 11.7 Å². The van der Waals surface area contributed by atoms with E-state index in [1.807, 2.05) is 43.0 Å². The number of fused-ring (bicyclic) bond motifs is 3. The molecule has 1 aromatic rings. The highest BCUT2D eigenvalue weighted by Gasteiger charge is 2.48. The van der Waals surface area contributed by atoms with Crippen molar-refractivity contribution in [2.24, 2.45) is 11.8 Å². The maximum atomic E-state index is 12.8. The molecular formula is C21H31N3O2. The molecule has 142 valence electrons. The van der Waals surface area contributed by atoms with Crippen LogP contribution in [0.4, 0.5) is 10.5 Å². The summed E-state index contributed by atoms with van der Waals surface area (Å²) in [4.78, 5) is 17.5. The van der Waals surface area contributed by atoms with Gasteiger partial charge in [-0.2, -0.15) is 0 Å². The number of rotatable bonds is 4. The van der Waals surface area contributed by atoms with Crippen LogP contribution in [0.3, 0.4) is 0 Å². The van der Waals surface area contributed by atoms with Crippen LogP contribution in [0.2, 0.25) is 0 Å². The van der Waals surface area contributed by atoms with Gasteiger partial charge in [0.25, 0.3) is 0 Å². The first-order valence-electron chi connectivity index (χ1n) is 10.1. The summed E-state index contributed by atoms with van der Waals surface area (Å²) in [6.07, 6.45) is 4.21. The number of piperidine rings is 1. The Morgan fingerprint density at radius 1 is 1.27 bits per heavy atom. The van der Waals surface area contributed by atoms with E-state index in [1.54, 1.807) is 0 Å². The average Bonchev–Trinajstić information content (AvgIpc) is 3.18. The van der Waals surface area contributed by atoms with Crippen LogP contribution in [-0.4, -0.2) is 54.2 Å². The third-order valence-electron chi connectivity index (χ3n) is 6.17. The minimum atomic E-state index is 0.0451. The lowest BCUT2D eigenvalue weighted by Crippen LogP contribution is -2.41. The van der Waals surface area contributed by atoms with E-state index in [1.165, 1.54) is 32.4 Å². The summed E-state index contributed by atoms with van der Waals surface area (Å²) in [5.74, 6) is 1.33. The Kier molecular flexibility index (Phi) is 5.18. The van der Waals surface area contributed by atoms with Crippen LogP contribution < -0.4 is 5.32 Å². The average molecular weight is 357 g/mol. The maximum Gasteiger partial charge on any atom is 0.321 e. The monoisotopic (exact) mass is 357 g/mol. The Labute approximate surface area is 156 Å². The molecule has 3 saturated heterocycles. The second-order valence-corrected chi connectivity index (χ2v) is 8.38. The van der Waals surface area contributed by atoms with Gasteiger partial charge >= 0.3 is 6.03 Å². The van der Waals surface area contributed by atoms with Gasteiger partial charge in [0.15, 0.2) is 0 Å². The minimum Gasteiger partial charge on any atom is -0.374 e. The van der Waals surface area contributed by atoms with Crippen molar-refractivity contribution < 1.29 is 9.53 Å². The van der Waals surface area contributed by atoms with Crippen molar-refractivity contribution in [2.45, 2.75) is 51.9 Å². The van der Waals surface area contributed by atoms with Gasteiger partial charge < -0.3 is 15.0 Å². The van der Waals surface area contributed by atoms with Crippen molar-refractivity contribution in [1.82, 2.24) is 9.80 Å². The molecule has 0 aromatic heterocycles. The number of hydrogen-bond acceptors (Lipinski definition) is 3. The number of urea groups is 1. The number of carbonyl (C=O) groups excluding carboxylic acids is 1. The number of benzene rings is 1. The Morgan fingerprint density at radius 3 is 3.00 bits per heavy atom. The second kappa shape index (κ2) is 7.57. The van der Waals surface area contributed by atoms with Crippen molar-refractivity contribution in [2.75, 3.05) is 31.5 Å². The molecule has 4 rings (SSSR count). The van der Waals surface area contributed by atoms with Gasteiger partial charge in [-0.3, -0.25) is 4.90 Å². The Bertz CT molecular complexity index is 648. The summed E-state index contributed by atoms with van der Waals surface area (Å²) in [5, 5.41) is 3.09. The van der Waals surface area contributed by atoms with Gasteiger partial charge in [0.05, 0.1) is 12.7 Å². The Morgan fingerprint density at radius 2 is 2.15 bits per heavy atom. The normalized spacial score (nSPS) is 28.3. The minimum absolute atomic E-state index is 0.0451. The van der Waals surface area contributed by atoms with Gasteiger partial charge in [-0.05, 0) is 62.8 Å². The van der Waals surface area contributed by atoms with E-state index in [-0.39, 0.29) is 12.1 Å². The fourth-order valence-corrected chi connectivity index (χ4v) is 4.93. The molecule has 26 heavy (non-hydrogen) atoms. The molecule has 0 aliphatic carbocycles. The summed E-state index contributed by atoms with van der Waals surface area (Å²) in [5.41, 5.74) is 1.95. The van der Waals surface area contributed by atoms with E-state index in [0.717, 1.165) is 24.3 Å². The molecule has 0 spiro atoms. The quantitative estimate of drug-likeness (QED) is 0.896. The smallest absolute Gasteiger partial charge is 0.321 e. The number of nitrogens with one attached hydrogen (secondary N) is 1. The number of amides is 2. The summed E-state index contributed by atoms with van der Waals surface area (Å²) in [6, 6.07) is 8.74. The molecular weight excluding hydrogens is 326 g/mol. The molecule has 3 heterocycles. The molecule has 5 heteroatoms. The van der Waals surface area contributed by atoms with Gasteiger partial charge in [0.2, 0.25) is 0 Å². The molecule has 3 aliphatic heterocycles.